The average Bonchev–Trinajstić information content (AvgIpc) is 0.789. The van der Waals surface area contributed by atoms with Crippen molar-refractivity contribution >= 4 is 82.8 Å². The number of unbranched alkanes of at least 4 members (excludes halogenated alkanes) is 6. The molecule has 1 heterocycles. The molecule has 27 nitrogen and oxygen atoms in total. The van der Waals surface area contributed by atoms with Crippen LogP contribution in [0.5, 0.6) is 0 Å². The van der Waals surface area contributed by atoms with E-state index < -0.39 is 167 Å². The lowest BCUT2D eigenvalue weighted by atomic mass is 9.90. The minimum Gasteiger partial charge on any atom is -0.444 e. The highest BCUT2D eigenvalue weighted by Crippen LogP contribution is 2.28. The fraction of sp³-hybridized carbons (Fsp3) is 0.844. The van der Waals surface area contributed by atoms with Crippen LogP contribution in [-0.4, -0.2) is 268 Å². The van der Waals surface area contributed by atoms with Crippen LogP contribution in [0.4, 0.5) is 4.79 Å². The Bertz CT molecular complexity index is 2780. The number of aliphatic hydroxyl groups excluding tert-OH is 2. The van der Waals surface area contributed by atoms with E-state index in [0.29, 0.717) is 44.4 Å². The van der Waals surface area contributed by atoms with Crippen molar-refractivity contribution in [3.63, 3.8) is 0 Å². The Kier molecular flexibility index (Phi) is 43.1. The van der Waals surface area contributed by atoms with Crippen LogP contribution in [0.1, 0.15) is 228 Å². The number of carbonyl (C=O) groups excluding carboxylic acids is 12. The summed E-state index contributed by atoms with van der Waals surface area (Å²) in [5, 5.41) is 36.3. The Labute approximate surface area is 634 Å². The van der Waals surface area contributed by atoms with E-state index in [4.69, 9.17) is 4.74 Å². The van der Waals surface area contributed by atoms with E-state index in [2.05, 4.69) is 26.6 Å². The molecule has 28 heteroatoms. The first kappa shape index (κ1) is 96.7. The number of nitrogens with one attached hydrogen (secondary N) is 5. The van der Waals surface area contributed by atoms with Crippen molar-refractivity contribution in [1.82, 2.24) is 60.9 Å². The van der Waals surface area contributed by atoms with Gasteiger partial charge in [0.15, 0.2) is 0 Å². The third kappa shape index (κ3) is 31.4. The van der Waals surface area contributed by atoms with Gasteiger partial charge in [0.2, 0.25) is 65.0 Å². The summed E-state index contributed by atoms with van der Waals surface area (Å²) >= 11 is 1.35. The molecule has 1 rings (SSSR count). The van der Waals surface area contributed by atoms with E-state index in [1.165, 1.54) is 104 Å². The molecule has 0 aromatic heterocycles. The molecule has 0 radical (unpaired) electrons. The maximum Gasteiger partial charge on any atom is 0.407 e. The van der Waals surface area contributed by atoms with Gasteiger partial charge in [-0.25, -0.2) is 4.79 Å². The number of rotatable bonds is 29. The number of amides is 12. The van der Waals surface area contributed by atoms with Gasteiger partial charge in [-0.05, 0) is 146 Å². The first-order valence-corrected chi connectivity index (χ1v) is 39.8. The van der Waals surface area contributed by atoms with Crippen molar-refractivity contribution in [2.45, 2.75) is 306 Å². The van der Waals surface area contributed by atoms with E-state index in [-0.39, 0.29) is 68.1 Å². The number of hydrogen-bond acceptors (Lipinski definition) is 16. The molecule has 1 fully saturated rings. The Morgan fingerprint density at radius 2 is 0.933 bits per heavy atom. The molecule has 7 N–H and O–H groups in total. The van der Waals surface area contributed by atoms with E-state index >= 15 is 33.6 Å². The first-order chi connectivity index (χ1) is 48.7. The summed E-state index contributed by atoms with van der Waals surface area (Å²) in [5.74, 6) is -9.31. The summed E-state index contributed by atoms with van der Waals surface area (Å²) in [4.78, 5) is 186. The lowest BCUT2D eigenvalue weighted by Crippen LogP contribution is -2.64. The number of carbonyl (C=O) groups is 12. The zero-order chi connectivity index (χ0) is 80.8. The summed E-state index contributed by atoms with van der Waals surface area (Å²) in [6.45, 7) is 34.2. The molecule has 0 bridgehead atoms. The van der Waals surface area contributed by atoms with Crippen LogP contribution in [0.2, 0.25) is 0 Å². The first-order valence-electron chi connectivity index (χ1n) is 38.6. The summed E-state index contributed by atoms with van der Waals surface area (Å²) in [7, 11) is 10.1. The van der Waals surface area contributed by atoms with Gasteiger partial charge in [-0.1, -0.05) is 129 Å². The highest BCUT2D eigenvalue weighted by Gasteiger charge is 2.47. The van der Waals surface area contributed by atoms with Gasteiger partial charge in [0.05, 0.1) is 6.10 Å². The second kappa shape index (κ2) is 46.8. The minimum absolute atomic E-state index is 0.0220. The Morgan fingerprint density at radius 1 is 0.476 bits per heavy atom. The number of likely N-dealkylation sites (N-methyl/N-ethyl adjacent to an activating group) is 7. The van der Waals surface area contributed by atoms with Crippen LogP contribution >= 0.6 is 11.8 Å². The van der Waals surface area contributed by atoms with Gasteiger partial charge in [0.1, 0.15) is 72.1 Å². The SMILES string of the molecule is CC[C@@H]1NC(=O)[C@H]([C@H](O)[C@H](C)CCCCCCCCNC(=O)OC(C)(C)C)N(C)C(=O)[C@H](C(C)C)N(C)C(=O)[C@H](CC(C)C)N(C)C(=O)[C@H](CC(C)C)N(C)C(=O)[C@H](C)NC(=O)[C@@H](C)NC(=O)[C@@H](CCC(C)C)N(C)C(=O)[C@@H](C(C)C)NC(=O)[C@H](CC(C)C)N(C)C(=O)[C@@H](CSCCCCO)N(C)C1=O. The second-order valence-corrected chi connectivity index (χ2v) is 33.8. The molecule has 1 saturated heterocycles. The predicted molar refractivity (Wildman–Crippen MR) is 413 cm³/mol. The maximum absolute atomic E-state index is 15.6. The zero-order valence-electron chi connectivity index (χ0n) is 69.1. The average molecular weight is 1510 g/mol. The number of thioether (sulfide) groups is 1. The second-order valence-electron chi connectivity index (χ2n) is 32.7. The van der Waals surface area contributed by atoms with Gasteiger partial charge in [0.25, 0.3) is 0 Å². The fourth-order valence-corrected chi connectivity index (χ4v) is 14.2. The maximum atomic E-state index is 15.6. The molecule has 12 amide bonds. The van der Waals surface area contributed by atoms with Crippen molar-refractivity contribution in [1.29, 1.82) is 0 Å². The van der Waals surface area contributed by atoms with Crippen molar-refractivity contribution in [3.8, 4) is 0 Å². The standard InChI is InChI=1S/C77H142N12O15S/c1-27-55-70(97)87(24)60(45-105-41-35-34-40-90)73(100)84(21)57(42-47(4)5)67(94)82-61(50(10)11)74(101)83(20)56(38-37-46(2)3)66(93)79-53(15)65(92)80-54(16)69(96)85(22)58(43-48(6)7)71(98)86(23)59(44-49(8)9)72(99)88(25)62(51(12)13)75(102)89(26)63(68(95)81-55)64(91)52(14)36-32-30-28-29-31-33-39-78-76(103)104-77(17,18)19/h46-64,90-91H,27-45H2,1-26H3,(H,78,103)(H,79,93)(H,80,92)(H,81,95)(H,82,94)/t52-,53-,54+,55+,56-,57+,58+,59+,60-,61-,62+,63+,64-/m1/s1. The van der Waals surface area contributed by atoms with E-state index in [9.17, 15) is 34.2 Å². The number of nitrogens with zero attached hydrogens (tertiary/aromatic N) is 7. The van der Waals surface area contributed by atoms with Gasteiger partial charge in [0, 0.05) is 68.2 Å². The molecule has 0 spiro atoms. The van der Waals surface area contributed by atoms with Crippen LogP contribution in [-0.2, 0) is 57.5 Å². The van der Waals surface area contributed by atoms with Crippen LogP contribution in [0.25, 0.3) is 0 Å². The van der Waals surface area contributed by atoms with Gasteiger partial charge in [-0.15, -0.1) is 0 Å². The summed E-state index contributed by atoms with van der Waals surface area (Å²) < 4.78 is 5.34. The van der Waals surface area contributed by atoms with Crippen molar-refractivity contribution in [3.05, 3.63) is 0 Å². The molecule has 0 aliphatic carbocycles. The molecule has 0 unspecified atom stereocenters. The normalized spacial score (nSPS) is 24.8. The highest BCUT2D eigenvalue weighted by atomic mass is 32.2. The molecule has 606 valence electrons. The van der Waals surface area contributed by atoms with Crippen molar-refractivity contribution in [2.24, 2.45) is 41.4 Å². The van der Waals surface area contributed by atoms with Crippen LogP contribution in [0.15, 0.2) is 0 Å². The van der Waals surface area contributed by atoms with Crippen molar-refractivity contribution in [2.75, 3.05) is 74.0 Å². The van der Waals surface area contributed by atoms with Gasteiger partial charge < -0.3 is 75.8 Å². The Hall–Kier alpha value is -6.29. The Morgan fingerprint density at radius 3 is 1.44 bits per heavy atom. The molecular formula is C77H142N12O15S. The molecule has 0 aromatic rings. The molecule has 1 aliphatic rings. The zero-order valence-corrected chi connectivity index (χ0v) is 70.0. The Balaban J connectivity index is 4.45. The summed E-state index contributed by atoms with van der Waals surface area (Å²) in [6.07, 6.45) is 5.18. The third-order valence-electron chi connectivity index (χ3n) is 19.7. The van der Waals surface area contributed by atoms with E-state index in [1.54, 1.807) is 62.3 Å². The number of alkyl carbamates (subject to hydrolysis) is 1. The van der Waals surface area contributed by atoms with Gasteiger partial charge in [-0.3, -0.25) is 52.7 Å². The van der Waals surface area contributed by atoms with Gasteiger partial charge >= 0.3 is 6.09 Å². The fourth-order valence-electron chi connectivity index (χ4n) is 13.1. The molecular weight excluding hydrogens is 1360 g/mol. The van der Waals surface area contributed by atoms with E-state index in [1.807, 2.05) is 55.4 Å². The molecule has 105 heavy (non-hydrogen) atoms. The monoisotopic (exact) mass is 1510 g/mol. The highest BCUT2D eigenvalue weighted by molar-refractivity contribution is 7.99. The lowest BCUT2D eigenvalue weighted by molar-refractivity contribution is -0.157. The van der Waals surface area contributed by atoms with Crippen LogP contribution < -0.4 is 26.6 Å². The van der Waals surface area contributed by atoms with Crippen LogP contribution in [0, 0.1) is 41.4 Å². The lowest BCUT2D eigenvalue weighted by Gasteiger charge is -2.41. The summed E-state index contributed by atoms with van der Waals surface area (Å²) in [6, 6.07) is -14.0. The molecule has 0 aromatic carbocycles. The van der Waals surface area contributed by atoms with Gasteiger partial charge in [-0.2, -0.15) is 11.8 Å². The molecule has 13 atom stereocenters. The number of ether oxygens (including phenoxy) is 1. The van der Waals surface area contributed by atoms with E-state index in [0.717, 1.165) is 37.0 Å². The largest absolute Gasteiger partial charge is 0.444 e. The molecule has 1 aliphatic heterocycles. The topological polar surface area (TPSA) is 337 Å². The summed E-state index contributed by atoms with van der Waals surface area (Å²) in [5.41, 5.74) is -0.614. The smallest absolute Gasteiger partial charge is 0.407 e. The predicted octanol–water partition coefficient (Wildman–Crippen LogP) is 6.82. The van der Waals surface area contributed by atoms with Crippen LogP contribution in [0.3, 0.4) is 0 Å². The number of aliphatic hydroxyl groups is 2. The minimum atomic E-state index is -1.67. The van der Waals surface area contributed by atoms with Crippen molar-refractivity contribution < 1.29 is 72.5 Å². The number of hydrogen-bond donors (Lipinski definition) is 7. The quantitative estimate of drug-likeness (QED) is 0.0378. The third-order valence-corrected chi connectivity index (χ3v) is 20.8. The molecule has 0 saturated carbocycles.